The van der Waals surface area contributed by atoms with Crippen LogP contribution in [0.2, 0.25) is 0 Å². The Morgan fingerprint density at radius 3 is 2.43 bits per heavy atom. The van der Waals surface area contributed by atoms with Crippen LogP contribution in [0.4, 0.5) is 11.4 Å². The third-order valence-corrected chi connectivity index (χ3v) is 4.67. The average Bonchev–Trinajstić information content (AvgIpc) is 2.70. The van der Waals surface area contributed by atoms with Crippen molar-refractivity contribution in [2.75, 3.05) is 31.9 Å². The lowest BCUT2D eigenvalue weighted by Gasteiger charge is -2.13. The fourth-order valence-electron chi connectivity index (χ4n) is 2.34. The number of carbonyl (C=O) groups excluding carboxylic acids is 2. The summed E-state index contributed by atoms with van der Waals surface area (Å²) in [7, 11) is 3.88. The molecule has 0 aliphatic heterocycles. The normalized spacial score (nSPS) is 10.2. The molecule has 1 amide bonds. The van der Waals surface area contributed by atoms with Crippen LogP contribution in [0.1, 0.15) is 15.9 Å². The molecule has 0 aliphatic rings. The maximum absolute atomic E-state index is 12.1. The van der Waals surface area contributed by atoms with Gasteiger partial charge >= 0.3 is 5.97 Å². The van der Waals surface area contributed by atoms with Crippen molar-refractivity contribution in [2.24, 2.45) is 0 Å². The van der Waals surface area contributed by atoms with Crippen molar-refractivity contribution in [1.82, 2.24) is 5.32 Å². The lowest BCUT2D eigenvalue weighted by molar-refractivity contribution is -0.387. The molecule has 1 N–H and O–H groups in total. The minimum Gasteiger partial charge on any atom is -0.452 e. The van der Waals surface area contributed by atoms with Crippen molar-refractivity contribution in [2.45, 2.75) is 11.4 Å². The molecule has 0 aromatic heterocycles. The number of thioether (sulfide) groups is 1. The summed E-state index contributed by atoms with van der Waals surface area (Å²) in [5.74, 6) is -1.25. The minimum atomic E-state index is -0.791. The number of rotatable bonds is 8. The van der Waals surface area contributed by atoms with E-state index in [-0.39, 0.29) is 11.3 Å². The molecule has 0 bridgehead atoms. The number of nitrogens with zero attached hydrogens (tertiary/aromatic N) is 2. The predicted octanol–water partition coefficient (Wildman–Crippen LogP) is 2.86. The van der Waals surface area contributed by atoms with E-state index in [9.17, 15) is 19.7 Å². The van der Waals surface area contributed by atoms with E-state index in [0.717, 1.165) is 17.3 Å². The van der Waals surface area contributed by atoms with Crippen LogP contribution in [-0.4, -0.2) is 43.8 Å². The molecule has 0 spiro atoms. The van der Waals surface area contributed by atoms with Crippen LogP contribution in [-0.2, 0) is 16.1 Å². The van der Waals surface area contributed by atoms with Gasteiger partial charge in [-0.15, -0.1) is 11.8 Å². The number of amides is 1. The predicted molar refractivity (Wildman–Crippen MR) is 108 cm³/mol. The third-order valence-electron chi connectivity index (χ3n) is 3.89. The number of esters is 1. The number of hydrogen-bond donors (Lipinski definition) is 1. The van der Waals surface area contributed by atoms with Crippen molar-refractivity contribution in [3.63, 3.8) is 0 Å². The number of nitrogens with one attached hydrogen (secondary N) is 1. The number of nitro groups is 1. The largest absolute Gasteiger partial charge is 0.452 e. The second-order valence-corrected chi connectivity index (χ2v) is 6.91. The summed E-state index contributed by atoms with van der Waals surface area (Å²) >= 11 is 1.21. The van der Waals surface area contributed by atoms with E-state index in [1.807, 2.05) is 43.3 Å². The SMILES string of the molecule is CSc1ccc(C(=O)OCC(=O)NCc2ccc(N(C)C)cc2)cc1[N+](=O)[O-]. The lowest BCUT2D eigenvalue weighted by Crippen LogP contribution is -2.28. The molecular weight excluding hydrogens is 382 g/mol. The first-order valence-corrected chi connectivity index (χ1v) is 9.57. The molecule has 0 atom stereocenters. The molecule has 2 rings (SSSR count). The number of hydrogen-bond acceptors (Lipinski definition) is 7. The van der Waals surface area contributed by atoms with E-state index in [0.29, 0.717) is 11.4 Å². The van der Waals surface area contributed by atoms with Gasteiger partial charge < -0.3 is 15.0 Å². The van der Waals surface area contributed by atoms with Crippen molar-refractivity contribution in [3.8, 4) is 0 Å². The molecule has 0 fully saturated rings. The Balaban J connectivity index is 1.87. The standard InChI is InChI=1S/C19H21N3O5S/c1-21(2)15-7-4-13(5-8-15)11-20-18(23)12-27-19(24)14-6-9-17(28-3)16(10-14)22(25)26/h4-10H,11-12H2,1-3H3,(H,20,23). The zero-order chi connectivity index (χ0) is 20.7. The number of ether oxygens (including phenoxy) is 1. The maximum Gasteiger partial charge on any atom is 0.338 e. The summed E-state index contributed by atoms with van der Waals surface area (Å²) < 4.78 is 4.95. The highest BCUT2D eigenvalue weighted by Crippen LogP contribution is 2.28. The first-order valence-electron chi connectivity index (χ1n) is 8.34. The molecule has 0 heterocycles. The zero-order valence-electron chi connectivity index (χ0n) is 15.8. The van der Waals surface area contributed by atoms with Gasteiger partial charge in [-0.25, -0.2) is 4.79 Å². The fourth-order valence-corrected chi connectivity index (χ4v) is 2.88. The Kier molecular flexibility index (Phi) is 7.39. The van der Waals surface area contributed by atoms with Crippen molar-refractivity contribution in [1.29, 1.82) is 0 Å². The Hall–Kier alpha value is -3.07. The van der Waals surface area contributed by atoms with Gasteiger partial charge in [-0.2, -0.15) is 0 Å². The van der Waals surface area contributed by atoms with Crippen LogP contribution in [0.5, 0.6) is 0 Å². The Morgan fingerprint density at radius 1 is 1.18 bits per heavy atom. The maximum atomic E-state index is 12.1. The molecule has 0 radical (unpaired) electrons. The van der Waals surface area contributed by atoms with Gasteiger partial charge in [0.15, 0.2) is 6.61 Å². The van der Waals surface area contributed by atoms with E-state index in [2.05, 4.69) is 5.32 Å². The van der Waals surface area contributed by atoms with Gasteiger partial charge in [-0.05, 0) is 36.1 Å². The molecule has 8 nitrogen and oxygen atoms in total. The summed E-state index contributed by atoms with van der Waals surface area (Å²) in [5.41, 5.74) is 1.81. The summed E-state index contributed by atoms with van der Waals surface area (Å²) in [6.07, 6.45) is 1.71. The van der Waals surface area contributed by atoms with E-state index < -0.39 is 23.4 Å². The van der Waals surface area contributed by atoms with Crippen LogP contribution in [0.15, 0.2) is 47.4 Å². The van der Waals surface area contributed by atoms with Gasteiger partial charge in [0.05, 0.1) is 15.4 Å². The van der Waals surface area contributed by atoms with Gasteiger partial charge in [0.25, 0.3) is 11.6 Å². The highest BCUT2D eigenvalue weighted by atomic mass is 32.2. The highest BCUT2D eigenvalue weighted by Gasteiger charge is 2.18. The number of nitro benzene ring substituents is 1. The first kappa shape index (κ1) is 21.2. The molecular formula is C19H21N3O5S. The lowest BCUT2D eigenvalue weighted by atomic mass is 10.2. The quantitative estimate of drug-likeness (QED) is 0.313. The second kappa shape index (κ2) is 9.75. The fraction of sp³-hybridized carbons (Fsp3) is 0.263. The summed E-state index contributed by atoms with van der Waals surface area (Å²) in [4.78, 5) is 36.9. The van der Waals surface area contributed by atoms with Crippen LogP contribution in [0, 0.1) is 10.1 Å². The van der Waals surface area contributed by atoms with Gasteiger partial charge in [0.2, 0.25) is 0 Å². The van der Waals surface area contributed by atoms with Gasteiger partial charge in [-0.3, -0.25) is 14.9 Å². The van der Waals surface area contributed by atoms with Crippen molar-refractivity contribution in [3.05, 3.63) is 63.7 Å². The van der Waals surface area contributed by atoms with Gasteiger partial charge in [0.1, 0.15) is 0 Å². The number of benzene rings is 2. The van der Waals surface area contributed by atoms with Crippen LogP contribution in [0.25, 0.3) is 0 Å². The first-order chi connectivity index (χ1) is 13.3. The molecule has 0 saturated heterocycles. The Morgan fingerprint density at radius 2 is 1.86 bits per heavy atom. The molecule has 0 unspecified atom stereocenters. The zero-order valence-corrected chi connectivity index (χ0v) is 16.6. The number of carbonyl (C=O) groups is 2. The monoisotopic (exact) mass is 403 g/mol. The summed E-state index contributed by atoms with van der Waals surface area (Å²) in [5, 5.41) is 13.7. The molecule has 0 aliphatic carbocycles. The highest BCUT2D eigenvalue weighted by molar-refractivity contribution is 7.98. The van der Waals surface area contributed by atoms with E-state index in [1.54, 1.807) is 6.26 Å². The van der Waals surface area contributed by atoms with Crippen molar-refractivity contribution < 1.29 is 19.2 Å². The molecule has 148 valence electrons. The number of anilines is 1. The molecule has 0 saturated carbocycles. The topological polar surface area (TPSA) is 102 Å². The van der Waals surface area contributed by atoms with Crippen LogP contribution in [0.3, 0.4) is 0 Å². The second-order valence-electron chi connectivity index (χ2n) is 6.06. The molecule has 9 heteroatoms. The minimum absolute atomic E-state index is 0.0246. The smallest absolute Gasteiger partial charge is 0.338 e. The molecule has 28 heavy (non-hydrogen) atoms. The van der Waals surface area contributed by atoms with E-state index >= 15 is 0 Å². The third kappa shape index (κ3) is 5.71. The van der Waals surface area contributed by atoms with E-state index in [1.165, 1.54) is 23.9 Å². The van der Waals surface area contributed by atoms with Crippen LogP contribution < -0.4 is 10.2 Å². The van der Waals surface area contributed by atoms with Crippen molar-refractivity contribution >= 4 is 35.0 Å². The molecule has 2 aromatic carbocycles. The summed E-state index contributed by atoms with van der Waals surface area (Å²) in [6.45, 7) is -0.162. The molecule has 2 aromatic rings. The van der Waals surface area contributed by atoms with Crippen LogP contribution >= 0.6 is 11.8 Å². The average molecular weight is 403 g/mol. The summed E-state index contributed by atoms with van der Waals surface area (Å²) in [6, 6.07) is 11.7. The van der Waals surface area contributed by atoms with Gasteiger partial charge in [-0.1, -0.05) is 12.1 Å². The van der Waals surface area contributed by atoms with Gasteiger partial charge in [0, 0.05) is 32.4 Å². The Bertz CT molecular complexity index is 868. The Labute approximate surface area is 167 Å². The van der Waals surface area contributed by atoms with E-state index in [4.69, 9.17) is 4.74 Å².